The van der Waals surface area contributed by atoms with E-state index >= 15 is 0 Å². The second-order valence-corrected chi connectivity index (χ2v) is 5.43. The molecule has 0 fully saturated rings. The van der Waals surface area contributed by atoms with Crippen LogP contribution in [0.25, 0.3) is 0 Å². The van der Waals surface area contributed by atoms with Crippen LogP contribution in [0.3, 0.4) is 0 Å². The van der Waals surface area contributed by atoms with E-state index in [1.54, 1.807) is 0 Å². The maximum absolute atomic E-state index is 4.05. The normalized spacial score (nSPS) is 10.5. The molecule has 1 heterocycles. The highest BCUT2D eigenvalue weighted by atomic mass is 79.9. The Kier molecular flexibility index (Phi) is 4.93. The molecule has 0 radical (unpaired) electrons. The molecule has 0 aliphatic carbocycles. The monoisotopic (exact) mass is 319 g/mol. The molecule has 1 aromatic heterocycles. The third-order valence-corrected chi connectivity index (χ3v) is 3.49. The van der Waals surface area contributed by atoms with Crippen molar-refractivity contribution in [2.24, 2.45) is 0 Å². The van der Waals surface area contributed by atoms with Gasteiger partial charge in [0.15, 0.2) is 0 Å². The molecule has 0 bridgehead atoms. The molecule has 0 saturated heterocycles. The molecule has 0 spiro atoms. The molecule has 1 aromatic carbocycles. The van der Waals surface area contributed by atoms with Gasteiger partial charge in [-0.3, -0.25) is 4.98 Å². The Morgan fingerprint density at radius 1 is 1.21 bits per heavy atom. The summed E-state index contributed by atoms with van der Waals surface area (Å²) in [6, 6.07) is 10.5. The Morgan fingerprint density at radius 3 is 2.63 bits per heavy atom. The molecule has 0 aliphatic rings. The molecule has 0 unspecified atom stereocenters. The van der Waals surface area contributed by atoms with Gasteiger partial charge in [0.2, 0.25) is 0 Å². The summed E-state index contributed by atoms with van der Waals surface area (Å²) in [5.41, 5.74) is 3.79. The zero-order valence-electron chi connectivity index (χ0n) is 11.2. The Bertz CT molecular complexity index is 528. The van der Waals surface area contributed by atoms with E-state index in [-0.39, 0.29) is 0 Å². The van der Waals surface area contributed by atoms with E-state index < -0.39 is 0 Å². The molecular weight excluding hydrogens is 302 g/mol. The Hall–Kier alpha value is -1.39. The molecule has 0 atom stereocenters. The first kappa shape index (κ1) is 14.0. The summed E-state index contributed by atoms with van der Waals surface area (Å²) in [6.07, 6.45) is 3.66. The minimum Gasteiger partial charge on any atom is -0.370 e. The van der Waals surface area contributed by atoms with Gasteiger partial charge in [-0.1, -0.05) is 22.0 Å². The summed E-state index contributed by atoms with van der Waals surface area (Å²) in [7, 11) is 4.08. The molecule has 100 valence electrons. The third-order valence-electron chi connectivity index (χ3n) is 2.99. The number of hydrogen-bond donors (Lipinski definition) is 1. The van der Waals surface area contributed by atoms with Gasteiger partial charge in [-0.05, 0) is 42.4 Å². The van der Waals surface area contributed by atoms with E-state index in [1.807, 2.05) is 31.6 Å². The maximum atomic E-state index is 4.05. The van der Waals surface area contributed by atoms with Crippen molar-refractivity contribution in [3.05, 3.63) is 58.3 Å². The van der Waals surface area contributed by atoms with Crippen molar-refractivity contribution in [2.45, 2.75) is 13.1 Å². The predicted molar refractivity (Wildman–Crippen MR) is 83.2 cm³/mol. The van der Waals surface area contributed by atoms with Gasteiger partial charge in [-0.25, -0.2) is 0 Å². The summed E-state index contributed by atoms with van der Waals surface area (Å²) in [5.74, 6) is 0. The highest BCUT2D eigenvalue weighted by molar-refractivity contribution is 9.10. The van der Waals surface area contributed by atoms with Gasteiger partial charge in [-0.15, -0.1) is 0 Å². The molecule has 2 rings (SSSR count). The summed E-state index contributed by atoms with van der Waals surface area (Å²) in [4.78, 5) is 6.31. The minimum absolute atomic E-state index is 0.864. The van der Waals surface area contributed by atoms with Crippen LogP contribution in [0, 0.1) is 0 Å². The Balaban J connectivity index is 2.22. The van der Waals surface area contributed by atoms with Crippen molar-refractivity contribution >= 4 is 21.6 Å². The first-order valence-electron chi connectivity index (χ1n) is 6.24. The second-order valence-electron chi connectivity index (χ2n) is 4.51. The average Bonchev–Trinajstić information content (AvgIpc) is 2.42. The van der Waals surface area contributed by atoms with Crippen LogP contribution in [0.4, 0.5) is 5.69 Å². The largest absolute Gasteiger partial charge is 0.370 e. The Labute approximate surface area is 122 Å². The van der Waals surface area contributed by atoms with Gasteiger partial charge in [0.25, 0.3) is 0 Å². The average molecular weight is 320 g/mol. The number of nitrogens with one attached hydrogen (secondary N) is 1. The number of hydrogen-bond acceptors (Lipinski definition) is 3. The van der Waals surface area contributed by atoms with E-state index in [4.69, 9.17) is 0 Å². The highest BCUT2D eigenvalue weighted by Crippen LogP contribution is 2.25. The molecular formula is C15H18BrN3. The number of pyridine rings is 1. The van der Waals surface area contributed by atoms with Crippen LogP contribution in [-0.4, -0.2) is 19.1 Å². The van der Waals surface area contributed by atoms with Crippen molar-refractivity contribution in [2.75, 3.05) is 19.0 Å². The quantitative estimate of drug-likeness (QED) is 0.917. The van der Waals surface area contributed by atoms with Crippen molar-refractivity contribution < 1.29 is 0 Å². The predicted octanol–water partition coefficient (Wildman–Crippen LogP) is 3.20. The number of nitrogens with zero attached hydrogens (tertiary/aromatic N) is 2. The van der Waals surface area contributed by atoms with Crippen LogP contribution in [0.5, 0.6) is 0 Å². The molecule has 0 aliphatic heterocycles. The van der Waals surface area contributed by atoms with Crippen molar-refractivity contribution in [1.82, 2.24) is 10.3 Å². The van der Waals surface area contributed by atoms with Crippen molar-refractivity contribution in [3.63, 3.8) is 0 Å². The fourth-order valence-electron chi connectivity index (χ4n) is 2.08. The standard InChI is InChI=1S/C15H18BrN3/c1-17-10-13-3-4-14(16)9-15(13)19(2)11-12-5-7-18-8-6-12/h3-9,17H,10-11H2,1-2H3. The summed E-state index contributed by atoms with van der Waals surface area (Å²) in [6.45, 7) is 1.74. The number of anilines is 1. The summed E-state index contributed by atoms with van der Waals surface area (Å²) in [5, 5.41) is 3.21. The van der Waals surface area contributed by atoms with E-state index in [0.29, 0.717) is 0 Å². The lowest BCUT2D eigenvalue weighted by atomic mass is 10.1. The van der Waals surface area contributed by atoms with E-state index in [1.165, 1.54) is 16.8 Å². The molecule has 19 heavy (non-hydrogen) atoms. The van der Waals surface area contributed by atoms with Crippen molar-refractivity contribution in [3.8, 4) is 0 Å². The van der Waals surface area contributed by atoms with E-state index in [2.05, 4.69) is 56.4 Å². The molecule has 1 N–H and O–H groups in total. The SMILES string of the molecule is CNCc1ccc(Br)cc1N(C)Cc1ccncc1. The zero-order valence-corrected chi connectivity index (χ0v) is 12.8. The Morgan fingerprint density at radius 2 is 1.95 bits per heavy atom. The minimum atomic E-state index is 0.864. The maximum Gasteiger partial charge on any atom is 0.0427 e. The highest BCUT2D eigenvalue weighted by Gasteiger charge is 2.08. The lowest BCUT2D eigenvalue weighted by Gasteiger charge is -2.23. The van der Waals surface area contributed by atoms with Gasteiger partial charge in [0, 0.05) is 42.7 Å². The van der Waals surface area contributed by atoms with Crippen LogP contribution >= 0.6 is 15.9 Å². The van der Waals surface area contributed by atoms with Crippen LogP contribution in [-0.2, 0) is 13.1 Å². The van der Waals surface area contributed by atoms with E-state index in [9.17, 15) is 0 Å². The van der Waals surface area contributed by atoms with Gasteiger partial charge in [-0.2, -0.15) is 0 Å². The van der Waals surface area contributed by atoms with Gasteiger partial charge < -0.3 is 10.2 Å². The lowest BCUT2D eigenvalue weighted by molar-refractivity contribution is 0.805. The number of rotatable bonds is 5. The van der Waals surface area contributed by atoms with Crippen molar-refractivity contribution in [1.29, 1.82) is 0 Å². The first-order valence-corrected chi connectivity index (χ1v) is 7.03. The number of aromatic nitrogens is 1. The fourth-order valence-corrected chi connectivity index (χ4v) is 2.43. The lowest BCUT2D eigenvalue weighted by Crippen LogP contribution is -2.19. The smallest absolute Gasteiger partial charge is 0.0427 e. The topological polar surface area (TPSA) is 28.2 Å². The van der Waals surface area contributed by atoms with Crippen LogP contribution in [0.15, 0.2) is 47.2 Å². The number of benzene rings is 1. The number of halogens is 1. The molecule has 0 amide bonds. The first-order chi connectivity index (χ1) is 9.20. The summed E-state index contributed by atoms with van der Waals surface area (Å²) < 4.78 is 1.10. The van der Waals surface area contributed by atoms with Gasteiger partial charge in [0.1, 0.15) is 0 Å². The van der Waals surface area contributed by atoms with Gasteiger partial charge >= 0.3 is 0 Å². The third kappa shape index (κ3) is 3.78. The van der Waals surface area contributed by atoms with Gasteiger partial charge in [0.05, 0.1) is 0 Å². The molecule has 3 nitrogen and oxygen atoms in total. The second kappa shape index (κ2) is 6.68. The van der Waals surface area contributed by atoms with Crippen LogP contribution in [0.2, 0.25) is 0 Å². The zero-order chi connectivity index (χ0) is 13.7. The summed E-state index contributed by atoms with van der Waals surface area (Å²) >= 11 is 3.54. The molecule has 0 saturated carbocycles. The van der Waals surface area contributed by atoms with Crippen LogP contribution < -0.4 is 10.2 Å². The molecule has 2 aromatic rings. The fraction of sp³-hybridized carbons (Fsp3) is 0.267. The molecule has 4 heteroatoms. The van der Waals surface area contributed by atoms with Crippen LogP contribution in [0.1, 0.15) is 11.1 Å². The van der Waals surface area contributed by atoms with E-state index in [0.717, 1.165) is 17.6 Å².